The minimum atomic E-state index is 0.0719. The number of nitrogens with one attached hydrogen (secondary N) is 1. The summed E-state index contributed by atoms with van der Waals surface area (Å²) in [5, 5.41) is 3.11. The molecule has 0 saturated carbocycles. The molecule has 2 aromatic rings. The highest BCUT2D eigenvalue weighted by Gasteiger charge is 2.27. The van der Waals surface area contributed by atoms with Gasteiger partial charge in [-0.2, -0.15) is 0 Å². The van der Waals surface area contributed by atoms with E-state index in [-0.39, 0.29) is 6.03 Å². The molecule has 6 heteroatoms. The van der Waals surface area contributed by atoms with E-state index in [2.05, 4.69) is 28.9 Å². The predicted octanol–water partition coefficient (Wildman–Crippen LogP) is 3.75. The number of imidazole rings is 1. The number of aryl methyl sites for hydroxylation is 1. The van der Waals surface area contributed by atoms with Crippen LogP contribution < -0.4 is 5.32 Å². The topological polar surface area (TPSA) is 59.4 Å². The Morgan fingerprint density at radius 1 is 1.20 bits per heavy atom. The number of urea groups is 1. The minimum absolute atomic E-state index is 0.0719. The molecule has 4 rings (SSSR count). The predicted molar refractivity (Wildman–Crippen MR) is 118 cm³/mol. The Hall–Kier alpha value is -2.34. The van der Waals surface area contributed by atoms with Crippen LogP contribution in [-0.4, -0.2) is 53.3 Å². The molecule has 0 spiro atoms. The Bertz CT molecular complexity index is 814. The number of carbonyl (C=O) groups is 1. The van der Waals surface area contributed by atoms with Crippen LogP contribution in [0.5, 0.6) is 0 Å². The molecule has 1 aromatic heterocycles. The number of carbonyl (C=O) groups excluding carboxylic acids is 1. The Kier molecular flexibility index (Phi) is 7.05. The molecule has 1 aromatic carbocycles. The minimum Gasteiger partial charge on any atom is -0.381 e. The molecule has 6 nitrogen and oxygen atoms in total. The smallest absolute Gasteiger partial charge is 0.317 e. The van der Waals surface area contributed by atoms with Gasteiger partial charge in [0.25, 0.3) is 0 Å². The van der Waals surface area contributed by atoms with E-state index >= 15 is 0 Å². The van der Waals surface area contributed by atoms with Crippen molar-refractivity contribution >= 4 is 6.03 Å². The lowest BCUT2D eigenvalue weighted by Crippen LogP contribution is -2.46. The van der Waals surface area contributed by atoms with E-state index in [1.54, 1.807) is 0 Å². The summed E-state index contributed by atoms with van der Waals surface area (Å²) in [7, 11) is 0. The normalized spacial score (nSPS) is 20.3. The Morgan fingerprint density at radius 2 is 2.00 bits per heavy atom. The van der Waals surface area contributed by atoms with Crippen molar-refractivity contribution in [2.45, 2.75) is 51.5 Å². The quantitative estimate of drug-likeness (QED) is 0.789. The summed E-state index contributed by atoms with van der Waals surface area (Å²) < 4.78 is 7.93. The zero-order chi connectivity index (χ0) is 20.8. The van der Waals surface area contributed by atoms with E-state index in [9.17, 15) is 4.79 Å². The van der Waals surface area contributed by atoms with Crippen LogP contribution in [0.15, 0.2) is 36.5 Å². The molecule has 1 atom stereocenters. The summed E-state index contributed by atoms with van der Waals surface area (Å²) in [6.07, 6.45) is 7.21. The molecular weight excluding hydrogens is 376 g/mol. The van der Waals surface area contributed by atoms with Gasteiger partial charge < -0.3 is 19.5 Å². The van der Waals surface area contributed by atoms with Gasteiger partial charge in [-0.05, 0) is 50.5 Å². The first-order valence-electron chi connectivity index (χ1n) is 11.4. The van der Waals surface area contributed by atoms with Crippen LogP contribution in [0.3, 0.4) is 0 Å². The molecule has 162 valence electrons. The van der Waals surface area contributed by atoms with Gasteiger partial charge in [0.05, 0.1) is 0 Å². The number of hydrogen-bond acceptors (Lipinski definition) is 3. The fraction of sp³-hybridized carbons (Fsp3) is 0.583. The van der Waals surface area contributed by atoms with Crippen LogP contribution in [0.2, 0.25) is 0 Å². The summed E-state index contributed by atoms with van der Waals surface area (Å²) in [6.45, 7) is 7.11. The molecule has 2 aliphatic rings. The summed E-state index contributed by atoms with van der Waals surface area (Å²) in [4.78, 5) is 19.4. The zero-order valence-corrected chi connectivity index (χ0v) is 18.1. The molecule has 2 saturated heterocycles. The molecule has 0 bridgehead atoms. The maximum atomic E-state index is 12.7. The van der Waals surface area contributed by atoms with Gasteiger partial charge in [0.2, 0.25) is 0 Å². The van der Waals surface area contributed by atoms with Crippen molar-refractivity contribution in [1.29, 1.82) is 0 Å². The van der Waals surface area contributed by atoms with Crippen molar-refractivity contribution in [3.05, 3.63) is 53.6 Å². The number of piperidine rings is 1. The summed E-state index contributed by atoms with van der Waals surface area (Å²) in [5.41, 5.74) is 2.48. The van der Waals surface area contributed by atoms with Crippen LogP contribution in [0, 0.1) is 12.8 Å². The molecule has 0 radical (unpaired) electrons. The van der Waals surface area contributed by atoms with Crippen LogP contribution in [0.25, 0.3) is 0 Å². The summed E-state index contributed by atoms with van der Waals surface area (Å²) >= 11 is 0. The highest BCUT2D eigenvalue weighted by atomic mass is 16.5. The number of benzene rings is 1. The first-order chi connectivity index (χ1) is 14.7. The molecule has 3 heterocycles. The van der Waals surface area contributed by atoms with Crippen molar-refractivity contribution in [1.82, 2.24) is 19.8 Å². The average Bonchev–Trinajstić information content (AvgIpc) is 3.15. The first-order valence-corrected chi connectivity index (χ1v) is 11.4. The number of ether oxygens (including phenoxy) is 1. The molecule has 1 N–H and O–H groups in total. The van der Waals surface area contributed by atoms with Crippen LogP contribution >= 0.6 is 0 Å². The average molecular weight is 411 g/mol. The summed E-state index contributed by atoms with van der Waals surface area (Å²) in [5.74, 6) is 2.18. The summed E-state index contributed by atoms with van der Waals surface area (Å²) in [6, 6.07) is 10.4. The second kappa shape index (κ2) is 10.1. The lowest BCUT2D eigenvalue weighted by Gasteiger charge is -2.34. The van der Waals surface area contributed by atoms with Gasteiger partial charge in [-0.3, -0.25) is 0 Å². The van der Waals surface area contributed by atoms with E-state index in [1.165, 1.54) is 23.5 Å². The van der Waals surface area contributed by atoms with Crippen molar-refractivity contribution in [3.8, 4) is 0 Å². The van der Waals surface area contributed by atoms with Gasteiger partial charge in [-0.1, -0.05) is 30.3 Å². The molecular formula is C24H34N4O2. The lowest BCUT2D eigenvalue weighted by molar-refractivity contribution is 0.0822. The van der Waals surface area contributed by atoms with Crippen LogP contribution in [0.4, 0.5) is 4.79 Å². The van der Waals surface area contributed by atoms with Gasteiger partial charge in [-0.15, -0.1) is 0 Å². The Morgan fingerprint density at radius 3 is 2.80 bits per heavy atom. The Labute approximate surface area is 179 Å². The molecule has 2 amide bonds. The maximum absolute atomic E-state index is 12.7. The van der Waals surface area contributed by atoms with E-state index in [4.69, 9.17) is 9.72 Å². The molecule has 0 aliphatic carbocycles. The molecule has 1 unspecified atom stereocenters. The van der Waals surface area contributed by atoms with Crippen LogP contribution in [0.1, 0.15) is 48.7 Å². The third-order valence-corrected chi connectivity index (χ3v) is 6.45. The van der Waals surface area contributed by atoms with Crippen molar-refractivity contribution in [2.24, 2.45) is 5.92 Å². The molecule has 2 aliphatic heterocycles. The SMILES string of the molecule is Cc1cnc(C2CCOCC2)n1CC1CCCN(C(=O)NCCc2ccccc2)C1. The highest BCUT2D eigenvalue weighted by molar-refractivity contribution is 5.74. The van der Waals surface area contributed by atoms with Crippen molar-refractivity contribution in [2.75, 3.05) is 32.8 Å². The third kappa shape index (κ3) is 5.22. The first kappa shape index (κ1) is 20.9. The van der Waals surface area contributed by atoms with E-state index in [0.29, 0.717) is 18.4 Å². The standard InChI is InChI=1S/C24H34N4O2/c1-19-16-26-23(22-10-14-30-15-11-22)28(19)18-21-8-5-13-27(17-21)24(29)25-12-9-20-6-3-2-4-7-20/h2-4,6-7,16,21-22H,5,8-15,17-18H2,1H3,(H,25,29). The maximum Gasteiger partial charge on any atom is 0.317 e. The fourth-order valence-corrected chi connectivity index (χ4v) is 4.73. The van der Waals surface area contributed by atoms with Crippen molar-refractivity contribution in [3.63, 3.8) is 0 Å². The Balaban J connectivity index is 1.31. The van der Waals surface area contributed by atoms with Gasteiger partial charge >= 0.3 is 6.03 Å². The third-order valence-electron chi connectivity index (χ3n) is 6.45. The number of nitrogens with zero attached hydrogens (tertiary/aromatic N) is 3. The lowest BCUT2D eigenvalue weighted by atomic mass is 9.96. The number of rotatable bonds is 6. The second-order valence-corrected chi connectivity index (χ2v) is 8.68. The molecule has 30 heavy (non-hydrogen) atoms. The molecule has 2 fully saturated rings. The van der Waals surface area contributed by atoms with Crippen molar-refractivity contribution < 1.29 is 9.53 Å². The largest absolute Gasteiger partial charge is 0.381 e. The highest BCUT2D eigenvalue weighted by Crippen LogP contribution is 2.28. The second-order valence-electron chi connectivity index (χ2n) is 8.68. The van der Waals surface area contributed by atoms with Crippen LogP contribution in [-0.2, 0) is 17.7 Å². The number of likely N-dealkylation sites (tertiary alicyclic amines) is 1. The van der Waals surface area contributed by atoms with E-state index in [1.807, 2.05) is 29.3 Å². The number of amides is 2. The fourth-order valence-electron chi connectivity index (χ4n) is 4.73. The van der Waals surface area contributed by atoms with E-state index in [0.717, 1.165) is 58.5 Å². The zero-order valence-electron chi connectivity index (χ0n) is 18.1. The van der Waals surface area contributed by atoms with Gasteiger partial charge in [0.1, 0.15) is 5.82 Å². The van der Waals surface area contributed by atoms with Gasteiger partial charge in [-0.25, -0.2) is 9.78 Å². The number of hydrogen-bond donors (Lipinski definition) is 1. The number of aromatic nitrogens is 2. The van der Waals surface area contributed by atoms with E-state index < -0.39 is 0 Å². The monoisotopic (exact) mass is 410 g/mol. The van der Waals surface area contributed by atoms with Gasteiger partial charge in [0.15, 0.2) is 0 Å². The van der Waals surface area contributed by atoms with Gasteiger partial charge in [0, 0.05) is 57.2 Å².